The first kappa shape index (κ1) is 12.9. The zero-order chi connectivity index (χ0) is 13.2. The van der Waals surface area contributed by atoms with Crippen molar-refractivity contribution >= 4 is 23.2 Å². The number of rotatable bonds is 5. The van der Waals surface area contributed by atoms with E-state index in [0.29, 0.717) is 40.8 Å². The van der Waals surface area contributed by atoms with E-state index in [4.69, 9.17) is 27.7 Å². The Bertz CT molecular complexity index is 581. The van der Waals surface area contributed by atoms with Crippen molar-refractivity contribution in [1.82, 2.24) is 15.5 Å². The van der Waals surface area contributed by atoms with Gasteiger partial charge in [-0.3, -0.25) is 0 Å². The largest absolute Gasteiger partial charge is 0.339 e. The molecule has 0 aliphatic heterocycles. The van der Waals surface area contributed by atoms with Crippen LogP contribution in [0.15, 0.2) is 22.7 Å². The van der Waals surface area contributed by atoms with Crippen molar-refractivity contribution in [2.75, 3.05) is 0 Å². The summed E-state index contributed by atoms with van der Waals surface area (Å²) in [6.45, 7) is 0.662. The number of benzene rings is 1. The van der Waals surface area contributed by atoms with E-state index in [9.17, 15) is 0 Å². The van der Waals surface area contributed by atoms with Crippen molar-refractivity contribution in [1.29, 1.82) is 0 Å². The van der Waals surface area contributed by atoms with Crippen molar-refractivity contribution in [3.8, 4) is 0 Å². The molecule has 19 heavy (non-hydrogen) atoms. The predicted octanol–water partition coefficient (Wildman–Crippen LogP) is 3.22. The van der Waals surface area contributed by atoms with Gasteiger partial charge in [0.05, 0.1) is 23.0 Å². The second-order valence-corrected chi connectivity index (χ2v) is 5.50. The van der Waals surface area contributed by atoms with Gasteiger partial charge in [0.2, 0.25) is 5.89 Å². The molecule has 4 nitrogen and oxygen atoms in total. The first-order chi connectivity index (χ1) is 9.20. The van der Waals surface area contributed by atoms with E-state index < -0.39 is 0 Å². The lowest BCUT2D eigenvalue weighted by molar-refractivity contribution is 0.377. The summed E-state index contributed by atoms with van der Waals surface area (Å²) in [7, 11) is 0. The standard InChI is InChI=1S/C13H13Cl2N3O/c14-10-4-1-8(5-11(10)15)6-13-17-12(18-19-13)7-16-9-2-3-9/h1,4-5,9,16H,2-3,6-7H2. The van der Waals surface area contributed by atoms with Gasteiger partial charge in [-0.1, -0.05) is 34.4 Å². The average molecular weight is 298 g/mol. The van der Waals surface area contributed by atoms with Gasteiger partial charge >= 0.3 is 0 Å². The van der Waals surface area contributed by atoms with E-state index in [1.807, 2.05) is 12.1 Å². The van der Waals surface area contributed by atoms with Crippen LogP contribution in [0.2, 0.25) is 10.0 Å². The highest BCUT2D eigenvalue weighted by Gasteiger charge is 2.21. The fourth-order valence-corrected chi connectivity index (χ4v) is 2.10. The monoisotopic (exact) mass is 297 g/mol. The minimum atomic E-state index is 0.536. The van der Waals surface area contributed by atoms with E-state index in [0.717, 1.165) is 5.56 Å². The number of hydrogen-bond donors (Lipinski definition) is 1. The minimum Gasteiger partial charge on any atom is -0.339 e. The fourth-order valence-electron chi connectivity index (χ4n) is 1.78. The summed E-state index contributed by atoms with van der Waals surface area (Å²) in [4.78, 5) is 4.34. The fraction of sp³-hybridized carbons (Fsp3) is 0.385. The molecule has 0 saturated heterocycles. The molecule has 0 atom stereocenters. The van der Waals surface area contributed by atoms with Crippen LogP contribution in [0, 0.1) is 0 Å². The van der Waals surface area contributed by atoms with E-state index in [1.165, 1.54) is 12.8 Å². The number of aromatic nitrogens is 2. The molecule has 0 unspecified atom stereocenters. The van der Waals surface area contributed by atoms with Gasteiger partial charge in [-0.25, -0.2) is 0 Å². The van der Waals surface area contributed by atoms with Gasteiger partial charge in [0.25, 0.3) is 0 Å². The summed E-state index contributed by atoms with van der Waals surface area (Å²) >= 11 is 11.8. The molecule has 1 N–H and O–H groups in total. The summed E-state index contributed by atoms with van der Waals surface area (Å²) in [5, 5.41) is 8.37. The van der Waals surface area contributed by atoms with E-state index in [-0.39, 0.29) is 0 Å². The van der Waals surface area contributed by atoms with Gasteiger partial charge in [-0.2, -0.15) is 4.98 Å². The van der Waals surface area contributed by atoms with E-state index in [1.54, 1.807) is 6.07 Å². The molecule has 0 bridgehead atoms. The maximum Gasteiger partial charge on any atom is 0.231 e. The van der Waals surface area contributed by atoms with Crippen LogP contribution in [0.5, 0.6) is 0 Å². The van der Waals surface area contributed by atoms with Crippen molar-refractivity contribution < 1.29 is 4.52 Å². The third-order valence-corrected chi connectivity index (χ3v) is 3.71. The normalized spacial score (nSPS) is 14.8. The lowest BCUT2D eigenvalue weighted by Gasteiger charge is -1.99. The zero-order valence-electron chi connectivity index (χ0n) is 10.2. The van der Waals surface area contributed by atoms with Crippen LogP contribution in [0.1, 0.15) is 30.1 Å². The Hall–Kier alpha value is -1.10. The molecular formula is C13H13Cl2N3O. The van der Waals surface area contributed by atoms with E-state index >= 15 is 0 Å². The molecule has 100 valence electrons. The molecule has 3 rings (SSSR count). The number of nitrogens with zero attached hydrogens (tertiary/aromatic N) is 2. The number of nitrogens with one attached hydrogen (secondary N) is 1. The molecule has 1 aliphatic carbocycles. The Morgan fingerprint density at radius 2 is 2.11 bits per heavy atom. The Balaban J connectivity index is 1.63. The maximum atomic E-state index is 5.97. The SMILES string of the molecule is Clc1ccc(Cc2nc(CNC3CC3)no2)cc1Cl. The predicted molar refractivity (Wildman–Crippen MR) is 73.4 cm³/mol. The highest BCUT2D eigenvalue weighted by atomic mass is 35.5. The highest BCUT2D eigenvalue weighted by molar-refractivity contribution is 6.42. The lowest BCUT2D eigenvalue weighted by atomic mass is 10.1. The molecular weight excluding hydrogens is 285 g/mol. The molecule has 1 aromatic heterocycles. The highest BCUT2D eigenvalue weighted by Crippen LogP contribution is 2.23. The summed E-state index contributed by atoms with van der Waals surface area (Å²) in [6.07, 6.45) is 3.05. The third-order valence-electron chi connectivity index (χ3n) is 2.98. The smallest absolute Gasteiger partial charge is 0.231 e. The van der Waals surface area contributed by atoms with Crippen molar-refractivity contribution in [2.24, 2.45) is 0 Å². The van der Waals surface area contributed by atoms with Gasteiger partial charge in [-0.05, 0) is 30.5 Å². The van der Waals surface area contributed by atoms with Crippen LogP contribution in [0.3, 0.4) is 0 Å². The van der Waals surface area contributed by atoms with Crippen LogP contribution in [0.25, 0.3) is 0 Å². The Kier molecular flexibility index (Phi) is 3.73. The Labute approximate surface area is 121 Å². The summed E-state index contributed by atoms with van der Waals surface area (Å²) in [6, 6.07) is 6.12. The van der Waals surface area contributed by atoms with Crippen LogP contribution in [-0.2, 0) is 13.0 Å². The maximum absolute atomic E-state index is 5.97. The third kappa shape index (κ3) is 3.47. The first-order valence-corrected chi connectivity index (χ1v) is 6.95. The van der Waals surface area contributed by atoms with Gasteiger partial charge in [0.15, 0.2) is 5.82 Å². The van der Waals surface area contributed by atoms with Crippen molar-refractivity contribution in [3.05, 3.63) is 45.5 Å². The second-order valence-electron chi connectivity index (χ2n) is 4.68. The molecule has 0 radical (unpaired) electrons. The first-order valence-electron chi connectivity index (χ1n) is 6.19. The van der Waals surface area contributed by atoms with Gasteiger partial charge in [0, 0.05) is 6.04 Å². The average Bonchev–Trinajstić information content (AvgIpc) is 3.12. The molecule has 1 aromatic carbocycles. The lowest BCUT2D eigenvalue weighted by Crippen LogP contribution is -2.16. The topological polar surface area (TPSA) is 51.0 Å². The van der Waals surface area contributed by atoms with Gasteiger partial charge < -0.3 is 9.84 Å². The van der Waals surface area contributed by atoms with Crippen molar-refractivity contribution in [2.45, 2.75) is 31.8 Å². The Morgan fingerprint density at radius 1 is 1.26 bits per heavy atom. The summed E-state index contributed by atoms with van der Waals surface area (Å²) < 4.78 is 5.21. The van der Waals surface area contributed by atoms with Crippen LogP contribution >= 0.6 is 23.2 Å². The molecule has 1 fully saturated rings. The molecule has 1 heterocycles. The summed E-state index contributed by atoms with van der Waals surface area (Å²) in [5.74, 6) is 1.29. The number of halogens is 2. The minimum absolute atomic E-state index is 0.536. The second kappa shape index (κ2) is 5.49. The Morgan fingerprint density at radius 3 is 2.84 bits per heavy atom. The molecule has 0 spiro atoms. The summed E-state index contributed by atoms with van der Waals surface area (Å²) in [5.41, 5.74) is 1.000. The number of hydrogen-bond acceptors (Lipinski definition) is 4. The zero-order valence-corrected chi connectivity index (χ0v) is 11.7. The molecule has 6 heteroatoms. The van der Waals surface area contributed by atoms with Gasteiger partial charge in [0.1, 0.15) is 0 Å². The molecule has 2 aromatic rings. The molecule has 0 amide bonds. The molecule has 1 aliphatic rings. The molecule has 1 saturated carbocycles. The van der Waals surface area contributed by atoms with Crippen LogP contribution < -0.4 is 5.32 Å². The van der Waals surface area contributed by atoms with E-state index in [2.05, 4.69) is 15.5 Å². The quantitative estimate of drug-likeness (QED) is 0.921. The van der Waals surface area contributed by atoms with Gasteiger partial charge in [-0.15, -0.1) is 0 Å². The van der Waals surface area contributed by atoms with Crippen molar-refractivity contribution in [3.63, 3.8) is 0 Å². The van der Waals surface area contributed by atoms with Crippen LogP contribution in [-0.4, -0.2) is 16.2 Å². The van der Waals surface area contributed by atoms with Crippen LogP contribution in [0.4, 0.5) is 0 Å².